The van der Waals surface area contributed by atoms with Gasteiger partial charge in [0.2, 0.25) is 0 Å². The van der Waals surface area contributed by atoms with Gasteiger partial charge in [0.15, 0.2) is 6.10 Å². The van der Waals surface area contributed by atoms with Crippen LogP contribution in [0.3, 0.4) is 0 Å². The second-order valence-corrected chi connectivity index (χ2v) is 22.0. The molecule has 1 unspecified atom stereocenters. The van der Waals surface area contributed by atoms with Gasteiger partial charge < -0.3 is 14.2 Å². The summed E-state index contributed by atoms with van der Waals surface area (Å²) in [7, 11) is 0. The number of ether oxygens (including phenoxy) is 3. The van der Waals surface area contributed by atoms with Crippen LogP contribution in [0.1, 0.15) is 310 Å². The second kappa shape index (κ2) is 67.3. The van der Waals surface area contributed by atoms with Crippen LogP contribution in [-0.2, 0) is 28.6 Å². The molecule has 0 aromatic rings. The van der Waals surface area contributed by atoms with E-state index in [9.17, 15) is 14.4 Å². The topological polar surface area (TPSA) is 78.9 Å². The second-order valence-electron chi connectivity index (χ2n) is 22.0. The van der Waals surface area contributed by atoms with E-state index in [1.807, 2.05) is 0 Å². The maximum Gasteiger partial charge on any atom is 0.306 e. The molecule has 0 aromatic carbocycles. The number of carbonyl (C=O) groups is 3. The van der Waals surface area contributed by atoms with Gasteiger partial charge in [-0.15, -0.1) is 0 Å². The van der Waals surface area contributed by atoms with Crippen LogP contribution in [0, 0.1) is 0 Å². The molecule has 6 heteroatoms. The molecule has 0 aliphatic heterocycles. The molecule has 0 aliphatic rings. The van der Waals surface area contributed by atoms with Gasteiger partial charge >= 0.3 is 17.9 Å². The molecule has 80 heavy (non-hydrogen) atoms. The van der Waals surface area contributed by atoms with E-state index in [1.165, 1.54) is 141 Å². The van der Waals surface area contributed by atoms with E-state index in [-0.39, 0.29) is 31.1 Å². The van der Waals surface area contributed by atoms with Crippen molar-refractivity contribution in [1.29, 1.82) is 0 Å². The molecule has 0 aliphatic carbocycles. The lowest BCUT2D eigenvalue weighted by atomic mass is 10.0. The lowest BCUT2D eigenvalue weighted by Crippen LogP contribution is -2.30. The Bertz CT molecular complexity index is 1650. The van der Waals surface area contributed by atoms with Crippen LogP contribution in [0.15, 0.2) is 122 Å². The Balaban J connectivity index is 4.17. The lowest BCUT2D eigenvalue weighted by molar-refractivity contribution is -0.167. The number of allylic oxidation sites excluding steroid dienone is 20. The minimum atomic E-state index is -0.782. The van der Waals surface area contributed by atoms with Gasteiger partial charge in [-0.1, -0.05) is 303 Å². The molecule has 0 radical (unpaired) electrons. The highest BCUT2D eigenvalue weighted by Gasteiger charge is 2.19. The van der Waals surface area contributed by atoms with E-state index < -0.39 is 6.10 Å². The molecule has 0 bridgehead atoms. The fourth-order valence-corrected chi connectivity index (χ4v) is 9.26. The summed E-state index contributed by atoms with van der Waals surface area (Å²) in [6.07, 6.45) is 93.7. The number of hydrogen-bond acceptors (Lipinski definition) is 6. The monoisotopic (exact) mass is 1110 g/mol. The first kappa shape index (κ1) is 75.8. The highest BCUT2D eigenvalue weighted by Crippen LogP contribution is 2.16. The Hall–Kier alpha value is -4.19. The molecule has 0 aromatic heterocycles. The third-order valence-electron chi connectivity index (χ3n) is 14.2. The molecule has 0 saturated carbocycles. The smallest absolute Gasteiger partial charge is 0.306 e. The van der Waals surface area contributed by atoms with Gasteiger partial charge in [0.1, 0.15) is 13.2 Å². The van der Waals surface area contributed by atoms with Gasteiger partial charge in [0.05, 0.1) is 0 Å². The van der Waals surface area contributed by atoms with Crippen LogP contribution < -0.4 is 0 Å². The molecule has 1 atom stereocenters. The molecule has 0 fully saturated rings. The van der Waals surface area contributed by atoms with Crippen LogP contribution >= 0.6 is 0 Å². The van der Waals surface area contributed by atoms with Crippen molar-refractivity contribution in [3.05, 3.63) is 122 Å². The predicted molar refractivity (Wildman–Crippen MR) is 348 cm³/mol. The third kappa shape index (κ3) is 64.6. The fraction of sp³-hybridized carbons (Fsp3) is 0.689. The van der Waals surface area contributed by atoms with Crippen molar-refractivity contribution in [2.24, 2.45) is 0 Å². The quantitative estimate of drug-likeness (QED) is 0.0261. The summed E-state index contributed by atoms with van der Waals surface area (Å²) >= 11 is 0. The van der Waals surface area contributed by atoms with Crippen LogP contribution in [0.25, 0.3) is 0 Å². The van der Waals surface area contributed by atoms with E-state index in [2.05, 4.69) is 142 Å². The zero-order valence-corrected chi connectivity index (χ0v) is 52.3. The zero-order chi connectivity index (χ0) is 57.8. The summed E-state index contributed by atoms with van der Waals surface area (Å²) < 4.78 is 16.9. The van der Waals surface area contributed by atoms with Crippen molar-refractivity contribution in [3.8, 4) is 0 Å². The molecular formula is C74H124O6. The molecule has 0 amide bonds. The van der Waals surface area contributed by atoms with Gasteiger partial charge in [-0.05, 0) is 109 Å². The Labute approximate surface area is 494 Å². The summed E-state index contributed by atoms with van der Waals surface area (Å²) in [6.45, 7) is 6.40. The van der Waals surface area contributed by atoms with Gasteiger partial charge in [-0.3, -0.25) is 14.4 Å². The maximum atomic E-state index is 12.9. The standard InChI is InChI=1S/C74H124O6/c1-4-7-10-13-16-19-21-23-25-27-29-31-33-35-36-37-38-40-41-43-45-47-49-51-53-55-58-61-64-67-73(76)79-70-71(69-78-72(75)66-63-60-57-18-15-12-9-6-3)80-74(77)68-65-62-59-56-54-52-50-48-46-44-42-39-34-32-30-28-26-24-22-20-17-14-11-8-5-2/h7-8,10-11,16-17,19-20,23-26,29-32,35-36,39,42,71H,4-6,9,12-15,18,21-22,27-28,33-34,37-38,40-41,43-70H2,1-3H3/b10-7-,11-8-,19-16-,20-17-,25-23-,26-24-,31-29-,32-30-,36-35-,42-39-. The summed E-state index contributed by atoms with van der Waals surface area (Å²) in [6, 6.07) is 0. The SMILES string of the molecule is CC/C=C\C/C=C\C/C=C\C/C=C\C/C=C\CCCCCCCCCCCCCCCC(=O)OCC(COC(=O)CCCCCCCCCC)OC(=O)CCCCCCCCCCC/C=C\C/C=C\C/C=C\C/C=C\C/C=C\CC. The average Bonchev–Trinajstić information content (AvgIpc) is 3.46. The number of esters is 3. The first-order chi connectivity index (χ1) is 39.5. The molecule has 0 heterocycles. The molecule has 0 spiro atoms. The molecule has 0 rings (SSSR count). The highest BCUT2D eigenvalue weighted by molar-refractivity contribution is 5.71. The van der Waals surface area contributed by atoms with Crippen molar-refractivity contribution >= 4 is 17.9 Å². The first-order valence-corrected chi connectivity index (χ1v) is 33.5. The number of unbranched alkanes of at least 4 members (excludes halogenated alkanes) is 29. The fourth-order valence-electron chi connectivity index (χ4n) is 9.26. The van der Waals surface area contributed by atoms with Gasteiger partial charge in [-0.25, -0.2) is 0 Å². The van der Waals surface area contributed by atoms with Crippen molar-refractivity contribution < 1.29 is 28.6 Å². The van der Waals surface area contributed by atoms with Gasteiger partial charge in [0, 0.05) is 19.3 Å². The summed E-state index contributed by atoms with van der Waals surface area (Å²) in [5, 5.41) is 0. The first-order valence-electron chi connectivity index (χ1n) is 33.5. The van der Waals surface area contributed by atoms with Crippen molar-refractivity contribution in [2.45, 2.75) is 316 Å². The van der Waals surface area contributed by atoms with Crippen LogP contribution in [0.5, 0.6) is 0 Å². The summed E-state index contributed by atoms with van der Waals surface area (Å²) in [5.41, 5.74) is 0. The number of rotatable bonds is 60. The summed E-state index contributed by atoms with van der Waals surface area (Å²) in [4.78, 5) is 38.2. The van der Waals surface area contributed by atoms with Crippen molar-refractivity contribution in [3.63, 3.8) is 0 Å². The highest BCUT2D eigenvalue weighted by atomic mass is 16.6. The lowest BCUT2D eigenvalue weighted by Gasteiger charge is -2.18. The van der Waals surface area contributed by atoms with E-state index in [1.54, 1.807) is 0 Å². The number of carbonyl (C=O) groups excluding carboxylic acids is 3. The minimum Gasteiger partial charge on any atom is -0.462 e. The number of hydrogen-bond donors (Lipinski definition) is 0. The Morgan fingerprint density at radius 3 is 0.762 bits per heavy atom. The molecule has 456 valence electrons. The van der Waals surface area contributed by atoms with Crippen LogP contribution in [0.4, 0.5) is 0 Å². The van der Waals surface area contributed by atoms with Crippen LogP contribution in [-0.4, -0.2) is 37.2 Å². The average molecular weight is 1110 g/mol. The van der Waals surface area contributed by atoms with E-state index in [0.29, 0.717) is 19.3 Å². The van der Waals surface area contributed by atoms with Gasteiger partial charge in [0.25, 0.3) is 0 Å². The Morgan fingerprint density at radius 1 is 0.263 bits per heavy atom. The predicted octanol–water partition coefficient (Wildman–Crippen LogP) is 23.2. The molecule has 0 saturated heterocycles. The Morgan fingerprint density at radius 2 is 0.487 bits per heavy atom. The summed E-state index contributed by atoms with van der Waals surface area (Å²) in [5.74, 6) is -0.884. The maximum absolute atomic E-state index is 12.9. The third-order valence-corrected chi connectivity index (χ3v) is 14.2. The molecule has 0 N–H and O–H groups in total. The van der Waals surface area contributed by atoms with Crippen LogP contribution in [0.2, 0.25) is 0 Å². The normalized spacial score (nSPS) is 12.9. The zero-order valence-electron chi connectivity index (χ0n) is 52.3. The van der Waals surface area contributed by atoms with E-state index >= 15 is 0 Å². The van der Waals surface area contributed by atoms with E-state index in [0.717, 1.165) is 128 Å². The largest absolute Gasteiger partial charge is 0.462 e. The molecular weight excluding hydrogens is 985 g/mol. The minimum absolute atomic E-state index is 0.0797. The van der Waals surface area contributed by atoms with Crippen molar-refractivity contribution in [1.82, 2.24) is 0 Å². The van der Waals surface area contributed by atoms with Crippen molar-refractivity contribution in [2.75, 3.05) is 13.2 Å². The molecule has 6 nitrogen and oxygen atoms in total. The van der Waals surface area contributed by atoms with Gasteiger partial charge in [-0.2, -0.15) is 0 Å². The Kier molecular flexibility index (Phi) is 63.8. The van der Waals surface area contributed by atoms with E-state index in [4.69, 9.17) is 14.2 Å².